The van der Waals surface area contributed by atoms with Crippen LogP contribution in [0.2, 0.25) is 0 Å². The average Bonchev–Trinajstić information content (AvgIpc) is 2.71. The fraction of sp³-hybridized carbons (Fsp3) is 0.750. The molecule has 1 heterocycles. The van der Waals surface area contributed by atoms with Gasteiger partial charge >= 0.3 is 0 Å². The zero-order valence-corrected chi connectivity index (χ0v) is 12.9. The number of rotatable bonds is 10. The van der Waals surface area contributed by atoms with E-state index in [1.807, 2.05) is 6.92 Å². The summed E-state index contributed by atoms with van der Waals surface area (Å²) in [6.45, 7) is 12.0. The molecule has 0 aliphatic heterocycles. The summed E-state index contributed by atoms with van der Waals surface area (Å²) < 4.78 is 11.4. The Morgan fingerprint density at radius 2 is 2.11 bits per heavy atom. The molecule has 0 saturated heterocycles. The first-order valence-corrected chi connectivity index (χ1v) is 7.54. The van der Waals surface area contributed by atoms with E-state index in [9.17, 15) is 0 Å². The highest BCUT2D eigenvalue weighted by atomic mass is 16.5. The minimum atomic E-state index is 0.586. The SMILES string of the molecule is CCCNCc1cc(COCC(C)CCC)oc1C. The van der Waals surface area contributed by atoms with Gasteiger partial charge in [-0.2, -0.15) is 0 Å². The molecule has 1 aromatic heterocycles. The topological polar surface area (TPSA) is 34.4 Å². The van der Waals surface area contributed by atoms with E-state index < -0.39 is 0 Å². The largest absolute Gasteiger partial charge is 0.464 e. The molecule has 0 aliphatic carbocycles. The first-order valence-electron chi connectivity index (χ1n) is 7.54. The van der Waals surface area contributed by atoms with Gasteiger partial charge in [0.2, 0.25) is 0 Å². The minimum Gasteiger partial charge on any atom is -0.464 e. The summed E-state index contributed by atoms with van der Waals surface area (Å²) >= 11 is 0. The highest BCUT2D eigenvalue weighted by Gasteiger charge is 2.08. The number of aryl methyl sites for hydroxylation is 1. The van der Waals surface area contributed by atoms with Crippen LogP contribution in [0.15, 0.2) is 10.5 Å². The molecule has 1 aromatic rings. The molecular weight excluding hydrogens is 238 g/mol. The third-order valence-corrected chi connectivity index (χ3v) is 3.24. The summed E-state index contributed by atoms with van der Waals surface area (Å²) in [7, 11) is 0. The molecule has 19 heavy (non-hydrogen) atoms. The monoisotopic (exact) mass is 267 g/mol. The molecule has 0 spiro atoms. The molecule has 0 fully saturated rings. The second-order valence-corrected chi connectivity index (χ2v) is 5.38. The van der Waals surface area contributed by atoms with E-state index in [1.54, 1.807) is 0 Å². The molecule has 0 aliphatic rings. The number of hydrogen-bond acceptors (Lipinski definition) is 3. The van der Waals surface area contributed by atoms with Gasteiger partial charge in [-0.25, -0.2) is 0 Å². The van der Waals surface area contributed by atoms with Crippen molar-refractivity contribution >= 4 is 0 Å². The Kier molecular flexibility index (Phi) is 7.84. The van der Waals surface area contributed by atoms with E-state index in [1.165, 1.54) is 18.4 Å². The van der Waals surface area contributed by atoms with Crippen molar-refractivity contribution in [2.24, 2.45) is 5.92 Å². The Bertz CT molecular complexity index is 347. The molecule has 110 valence electrons. The molecular formula is C16H29NO2. The molecule has 0 bridgehead atoms. The lowest BCUT2D eigenvalue weighted by Gasteiger charge is -2.09. The Morgan fingerprint density at radius 1 is 1.32 bits per heavy atom. The second kappa shape index (κ2) is 9.16. The molecule has 3 heteroatoms. The zero-order chi connectivity index (χ0) is 14.1. The van der Waals surface area contributed by atoms with Crippen molar-refractivity contribution in [1.29, 1.82) is 0 Å². The molecule has 0 amide bonds. The van der Waals surface area contributed by atoms with E-state index >= 15 is 0 Å². The van der Waals surface area contributed by atoms with Crippen LogP contribution in [0.25, 0.3) is 0 Å². The van der Waals surface area contributed by atoms with Crippen LogP contribution in [0.3, 0.4) is 0 Å². The number of furan rings is 1. The molecule has 1 N–H and O–H groups in total. The van der Waals surface area contributed by atoms with Crippen LogP contribution in [0.4, 0.5) is 0 Å². The average molecular weight is 267 g/mol. The maximum absolute atomic E-state index is 5.72. The molecule has 1 unspecified atom stereocenters. The Balaban J connectivity index is 2.32. The Hall–Kier alpha value is -0.800. The summed E-state index contributed by atoms with van der Waals surface area (Å²) in [5, 5.41) is 3.40. The standard InChI is InChI=1S/C16H29NO2/c1-5-7-13(3)11-18-12-16-9-15(14(4)19-16)10-17-8-6-2/h9,13,17H,5-8,10-12H2,1-4H3. The molecule has 1 rings (SSSR count). The van der Waals surface area contributed by atoms with Crippen LogP contribution in [0.1, 0.15) is 57.1 Å². The second-order valence-electron chi connectivity index (χ2n) is 5.38. The van der Waals surface area contributed by atoms with Gasteiger partial charge in [-0.15, -0.1) is 0 Å². The third-order valence-electron chi connectivity index (χ3n) is 3.24. The normalized spacial score (nSPS) is 12.8. The smallest absolute Gasteiger partial charge is 0.130 e. The van der Waals surface area contributed by atoms with Gasteiger partial charge < -0.3 is 14.5 Å². The van der Waals surface area contributed by atoms with Crippen molar-refractivity contribution in [3.63, 3.8) is 0 Å². The number of nitrogens with one attached hydrogen (secondary N) is 1. The molecule has 3 nitrogen and oxygen atoms in total. The third kappa shape index (κ3) is 6.26. The zero-order valence-electron chi connectivity index (χ0n) is 12.9. The number of hydrogen-bond donors (Lipinski definition) is 1. The summed E-state index contributed by atoms with van der Waals surface area (Å²) in [6, 6.07) is 2.11. The van der Waals surface area contributed by atoms with Crippen LogP contribution in [0.5, 0.6) is 0 Å². The van der Waals surface area contributed by atoms with Gasteiger partial charge in [0, 0.05) is 18.7 Å². The van der Waals surface area contributed by atoms with Gasteiger partial charge in [0.05, 0.1) is 0 Å². The molecule has 0 saturated carbocycles. The first-order chi connectivity index (χ1) is 9.17. The quantitative estimate of drug-likeness (QED) is 0.650. The molecule has 0 aromatic carbocycles. The minimum absolute atomic E-state index is 0.586. The van der Waals surface area contributed by atoms with E-state index in [4.69, 9.17) is 9.15 Å². The van der Waals surface area contributed by atoms with Gasteiger partial charge in [0.25, 0.3) is 0 Å². The maximum atomic E-state index is 5.72. The maximum Gasteiger partial charge on any atom is 0.130 e. The van der Waals surface area contributed by atoms with Crippen LogP contribution in [-0.2, 0) is 17.9 Å². The molecule has 0 radical (unpaired) electrons. The predicted octanol–water partition coefficient (Wildman–Crippen LogP) is 4.04. The summed E-state index contributed by atoms with van der Waals surface area (Å²) in [5.74, 6) is 2.57. The highest BCUT2D eigenvalue weighted by Crippen LogP contribution is 2.16. The van der Waals surface area contributed by atoms with E-state index in [0.717, 1.165) is 37.6 Å². The lowest BCUT2D eigenvalue weighted by molar-refractivity contribution is 0.0771. The van der Waals surface area contributed by atoms with E-state index in [-0.39, 0.29) is 0 Å². The van der Waals surface area contributed by atoms with E-state index in [0.29, 0.717) is 12.5 Å². The number of ether oxygens (including phenoxy) is 1. The van der Waals surface area contributed by atoms with E-state index in [2.05, 4.69) is 32.2 Å². The van der Waals surface area contributed by atoms with Gasteiger partial charge in [0.1, 0.15) is 18.1 Å². The van der Waals surface area contributed by atoms with Gasteiger partial charge in [0.15, 0.2) is 0 Å². The van der Waals surface area contributed by atoms with Crippen LogP contribution >= 0.6 is 0 Å². The highest BCUT2D eigenvalue weighted by molar-refractivity contribution is 5.20. The predicted molar refractivity (Wildman–Crippen MR) is 79.2 cm³/mol. The fourth-order valence-electron chi connectivity index (χ4n) is 2.17. The Labute approximate surface area is 117 Å². The van der Waals surface area contributed by atoms with Crippen molar-refractivity contribution in [3.8, 4) is 0 Å². The molecule has 1 atom stereocenters. The van der Waals surface area contributed by atoms with Crippen molar-refractivity contribution < 1.29 is 9.15 Å². The van der Waals surface area contributed by atoms with Gasteiger partial charge in [-0.05, 0) is 38.3 Å². The van der Waals surface area contributed by atoms with Crippen molar-refractivity contribution in [3.05, 3.63) is 23.2 Å². The van der Waals surface area contributed by atoms with Crippen LogP contribution < -0.4 is 5.32 Å². The lowest BCUT2D eigenvalue weighted by atomic mass is 10.1. The summed E-state index contributed by atoms with van der Waals surface area (Å²) in [5.41, 5.74) is 1.24. The summed E-state index contributed by atoms with van der Waals surface area (Å²) in [4.78, 5) is 0. The van der Waals surface area contributed by atoms with Crippen molar-refractivity contribution in [2.75, 3.05) is 13.2 Å². The lowest BCUT2D eigenvalue weighted by Crippen LogP contribution is -2.13. The van der Waals surface area contributed by atoms with Crippen LogP contribution in [0, 0.1) is 12.8 Å². The van der Waals surface area contributed by atoms with Crippen molar-refractivity contribution in [1.82, 2.24) is 5.32 Å². The summed E-state index contributed by atoms with van der Waals surface area (Å²) in [6.07, 6.45) is 3.60. The first kappa shape index (κ1) is 16.3. The Morgan fingerprint density at radius 3 is 2.79 bits per heavy atom. The van der Waals surface area contributed by atoms with Crippen LogP contribution in [-0.4, -0.2) is 13.2 Å². The van der Waals surface area contributed by atoms with Gasteiger partial charge in [-0.1, -0.05) is 27.2 Å². The van der Waals surface area contributed by atoms with Crippen molar-refractivity contribution in [2.45, 2.75) is 60.1 Å². The van der Waals surface area contributed by atoms with Gasteiger partial charge in [-0.3, -0.25) is 0 Å². The fourth-order valence-corrected chi connectivity index (χ4v) is 2.17.